The van der Waals surface area contributed by atoms with Crippen molar-refractivity contribution in [2.24, 2.45) is 11.8 Å². The molecule has 0 aromatic heterocycles. The van der Waals surface area contributed by atoms with Gasteiger partial charge >= 0.3 is 5.97 Å². The summed E-state index contributed by atoms with van der Waals surface area (Å²) in [6.07, 6.45) is 2.31. The Balaban J connectivity index is 2.35. The average Bonchev–Trinajstić information content (AvgIpc) is 2.67. The van der Waals surface area contributed by atoms with Gasteiger partial charge in [-0.3, -0.25) is 0 Å². The van der Waals surface area contributed by atoms with E-state index in [2.05, 4.69) is 18.7 Å². The van der Waals surface area contributed by atoms with E-state index in [4.69, 9.17) is 5.11 Å². The molecule has 2 rings (SSSR count). The number of hydrogen-bond donors (Lipinski definition) is 1. The number of aliphatic carboxylic acids is 1. The number of carboxylic acids is 1. The molecule has 1 aliphatic heterocycles. The Hall–Kier alpha value is -1.84. The van der Waals surface area contributed by atoms with E-state index in [1.165, 1.54) is 12.1 Å². The van der Waals surface area contributed by atoms with Crippen LogP contribution in [0.1, 0.15) is 19.4 Å². The number of nitrogens with zero attached hydrogens (tertiary/aromatic N) is 1. The number of rotatable bonds is 3. The maximum atomic E-state index is 13.9. The van der Waals surface area contributed by atoms with Crippen molar-refractivity contribution in [3.63, 3.8) is 0 Å². The molecule has 0 spiro atoms. The van der Waals surface area contributed by atoms with Crippen LogP contribution >= 0.6 is 0 Å². The molecule has 1 aromatic rings. The summed E-state index contributed by atoms with van der Waals surface area (Å²) in [4.78, 5) is 12.7. The van der Waals surface area contributed by atoms with E-state index in [1.807, 2.05) is 6.07 Å². The molecule has 0 amide bonds. The number of carboxylic acid groups (broad SMARTS) is 1. The van der Waals surface area contributed by atoms with E-state index < -0.39 is 5.97 Å². The number of hydrogen-bond acceptors (Lipinski definition) is 2. The van der Waals surface area contributed by atoms with Gasteiger partial charge < -0.3 is 10.0 Å². The SMILES string of the molecule is CC1CN(c2cccc(F)c2/C=C/C(=O)O)CC1C. The second kappa shape index (κ2) is 5.43. The highest BCUT2D eigenvalue weighted by Crippen LogP contribution is 2.31. The predicted octanol–water partition coefficient (Wildman–Crippen LogP) is 3.02. The summed E-state index contributed by atoms with van der Waals surface area (Å²) in [6.45, 7) is 6.10. The van der Waals surface area contributed by atoms with Crippen molar-refractivity contribution in [3.8, 4) is 0 Å². The minimum absolute atomic E-state index is 0.353. The van der Waals surface area contributed by atoms with Gasteiger partial charge in [-0.2, -0.15) is 0 Å². The minimum Gasteiger partial charge on any atom is -0.478 e. The van der Waals surface area contributed by atoms with Crippen molar-refractivity contribution < 1.29 is 14.3 Å². The van der Waals surface area contributed by atoms with Gasteiger partial charge in [-0.25, -0.2) is 9.18 Å². The zero-order chi connectivity index (χ0) is 14.0. The van der Waals surface area contributed by atoms with Crippen LogP contribution in [0, 0.1) is 17.7 Å². The second-order valence-corrected chi connectivity index (χ2v) is 5.20. The normalized spacial score (nSPS) is 23.2. The fourth-order valence-corrected chi connectivity index (χ4v) is 2.45. The van der Waals surface area contributed by atoms with Gasteiger partial charge in [0, 0.05) is 30.4 Å². The van der Waals surface area contributed by atoms with Gasteiger partial charge in [0.1, 0.15) is 5.82 Å². The summed E-state index contributed by atoms with van der Waals surface area (Å²) in [5.41, 5.74) is 1.12. The lowest BCUT2D eigenvalue weighted by Gasteiger charge is -2.21. The summed E-state index contributed by atoms with van der Waals surface area (Å²) >= 11 is 0. The fraction of sp³-hybridized carbons (Fsp3) is 0.400. The largest absolute Gasteiger partial charge is 0.478 e. The first-order valence-electron chi connectivity index (χ1n) is 6.43. The van der Waals surface area contributed by atoms with Crippen LogP contribution in [0.4, 0.5) is 10.1 Å². The Kier molecular flexibility index (Phi) is 3.88. The molecule has 0 saturated carbocycles. The molecule has 19 heavy (non-hydrogen) atoms. The van der Waals surface area contributed by atoms with Crippen LogP contribution in [0.2, 0.25) is 0 Å². The van der Waals surface area contributed by atoms with Gasteiger partial charge in [0.2, 0.25) is 0 Å². The Labute approximate surface area is 112 Å². The minimum atomic E-state index is -1.07. The predicted molar refractivity (Wildman–Crippen MR) is 73.6 cm³/mol. The lowest BCUT2D eigenvalue weighted by atomic mass is 10.0. The van der Waals surface area contributed by atoms with Crippen LogP contribution in [0.5, 0.6) is 0 Å². The summed E-state index contributed by atoms with van der Waals surface area (Å²) < 4.78 is 13.9. The first-order chi connectivity index (χ1) is 8.99. The highest BCUT2D eigenvalue weighted by molar-refractivity contribution is 5.87. The number of carbonyl (C=O) groups is 1. The van der Waals surface area contributed by atoms with Crippen molar-refractivity contribution in [2.45, 2.75) is 13.8 Å². The number of anilines is 1. The van der Waals surface area contributed by atoms with Gasteiger partial charge in [0.05, 0.1) is 0 Å². The van der Waals surface area contributed by atoms with Crippen molar-refractivity contribution in [2.75, 3.05) is 18.0 Å². The van der Waals surface area contributed by atoms with Crippen LogP contribution in [-0.2, 0) is 4.79 Å². The summed E-state index contributed by atoms with van der Waals surface area (Å²) in [5, 5.41) is 8.68. The summed E-state index contributed by atoms with van der Waals surface area (Å²) in [6, 6.07) is 4.86. The molecule has 1 aromatic carbocycles. The van der Waals surface area contributed by atoms with E-state index in [0.717, 1.165) is 24.9 Å². The molecule has 1 N–H and O–H groups in total. The molecular weight excluding hydrogens is 245 g/mol. The van der Waals surface area contributed by atoms with Crippen LogP contribution in [0.25, 0.3) is 6.08 Å². The van der Waals surface area contributed by atoms with E-state index in [9.17, 15) is 9.18 Å². The van der Waals surface area contributed by atoms with E-state index in [1.54, 1.807) is 6.07 Å². The average molecular weight is 263 g/mol. The zero-order valence-corrected chi connectivity index (χ0v) is 11.1. The lowest BCUT2D eigenvalue weighted by Crippen LogP contribution is -2.20. The highest BCUT2D eigenvalue weighted by atomic mass is 19.1. The second-order valence-electron chi connectivity index (χ2n) is 5.20. The first-order valence-corrected chi connectivity index (χ1v) is 6.43. The number of halogens is 1. The molecule has 4 heteroatoms. The van der Waals surface area contributed by atoms with E-state index in [0.29, 0.717) is 17.4 Å². The lowest BCUT2D eigenvalue weighted by molar-refractivity contribution is -0.131. The Bertz CT molecular complexity index is 503. The third-order valence-corrected chi connectivity index (χ3v) is 3.75. The standard InChI is InChI=1S/C15H18FNO2/c1-10-8-17(9-11(10)2)14-5-3-4-13(16)12(14)6-7-15(18)19/h3-7,10-11H,8-9H2,1-2H3,(H,18,19)/b7-6+. The van der Waals surface area contributed by atoms with Crippen LogP contribution in [0.15, 0.2) is 24.3 Å². The Morgan fingerprint density at radius 2 is 2.00 bits per heavy atom. The Morgan fingerprint density at radius 1 is 1.37 bits per heavy atom. The Morgan fingerprint density at radius 3 is 2.58 bits per heavy atom. The molecular formula is C15H18FNO2. The molecule has 1 heterocycles. The van der Waals surface area contributed by atoms with Gasteiger partial charge in [-0.05, 0) is 30.0 Å². The number of benzene rings is 1. The van der Waals surface area contributed by atoms with Crippen LogP contribution in [0.3, 0.4) is 0 Å². The third-order valence-electron chi connectivity index (χ3n) is 3.75. The van der Waals surface area contributed by atoms with Crippen molar-refractivity contribution in [1.29, 1.82) is 0 Å². The molecule has 3 nitrogen and oxygen atoms in total. The maximum Gasteiger partial charge on any atom is 0.328 e. The van der Waals surface area contributed by atoms with Gasteiger partial charge in [0.15, 0.2) is 0 Å². The molecule has 0 aliphatic carbocycles. The van der Waals surface area contributed by atoms with E-state index >= 15 is 0 Å². The fourth-order valence-electron chi connectivity index (χ4n) is 2.45. The molecule has 2 unspecified atom stereocenters. The highest BCUT2D eigenvalue weighted by Gasteiger charge is 2.27. The molecule has 1 aliphatic rings. The quantitative estimate of drug-likeness (QED) is 0.852. The first kappa shape index (κ1) is 13.6. The molecule has 0 bridgehead atoms. The van der Waals surface area contributed by atoms with Gasteiger partial charge in [0.25, 0.3) is 0 Å². The molecule has 2 atom stereocenters. The summed E-state index contributed by atoms with van der Waals surface area (Å²) in [7, 11) is 0. The zero-order valence-electron chi connectivity index (χ0n) is 11.1. The maximum absolute atomic E-state index is 13.9. The topological polar surface area (TPSA) is 40.5 Å². The molecule has 0 radical (unpaired) electrons. The summed E-state index contributed by atoms with van der Waals surface area (Å²) in [5.74, 6) is -0.348. The van der Waals surface area contributed by atoms with Gasteiger partial charge in [-0.1, -0.05) is 19.9 Å². The smallest absolute Gasteiger partial charge is 0.328 e. The van der Waals surface area contributed by atoms with Gasteiger partial charge in [-0.15, -0.1) is 0 Å². The monoisotopic (exact) mass is 263 g/mol. The third kappa shape index (κ3) is 2.95. The van der Waals surface area contributed by atoms with Crippen molar-refractivity contribution >= 4 is 17.7 Å². The van der Waals surface area contributed by atoms with Crippen LogP contribution in [-0.4, -0.2) is 24.2 Å². The molecule has 102 valence electrons. The molecule has 1 fully saturated rings. The van der Waals surface area contributed by atoms with E-state index in [-0.39, 0.29) is 5.82 Å². The molecule has 1 saturated heterocycles. The van der Waals surface area contributed by atoms with Crippen molar-refractivity contribution in [3.05, 3.63) is 35.7 Å². The van der Waals surface area contributed by atoms with Crippen molar-refractivity contribution in [1.82, 2.24) is 0 Å². The van der Waals surface area contributed by atoms with Crippen LogP contribution < -0.4 is 4.90 Å².